The van der Waals surface area contributed by atoms with E-state index in [1.165, 1.54) is 16.7 Å². The first kappa shape index (κ1) is 13.1. The molecule has 2 aromatic carbocycles. The van der Waals surface area contributed by atoms with Gasteiger partial charge in [-0.2, -0.15) is 0 Å². The van der Waals surface area contributed by atoms with Gasteiger partial charge in [-0.05, 0) is 34.8 Å². The van der Waals surface area contributed by atoms with Crippen LogP contribution in [0.5, 0.6) is 0 Å². The largest absolute Gasteiger partial charge is 0.0984 e. The monoisotopic (exact) mass is 246 g/mol. The zero-order valence-electron chi connectivity index (χ0n) is 11.3. The number of hydrogen-bond acceptors (Lipinski definition) is 0. The van der Waals surface area contributed by atoms with Crippen molar-refractivity contribution in [2.45, 2.75) is 6.92 Å². The minimum absolute atomic E-state index is 1.12. The number of rotatable bonds is 4. The lowest BCUT2D eigenvalue weighted by Crippen LogP contribution is -1.87. The highest BCUT2D eigenvalue weighted by atomic mass is 14.1. The fraction of sp³-hybridized carbons (Fsp3) is 0.0526. The van der Waals surface area contributed by atoms with Crippen LogP contribution in [0.15, 0.2) is 61.7 Å². The third-order valence-corrected chi connectivity index (χ3v) is 3.20. The summed E-state index contributed by atoms with van der Waals surface area (Å²) < 4.78 is 0. The maximum Gasteiger partial charge on any atom is -0.0117 e. The molecule has 0 saturated carbocycles. The van der Waals surface area contributed by atoms with E-state index in [0.29, 0.717) is 0 Å². The quantitative estimate of drug-likeness (QED) is 0.622. The average molecular weight is 246 g/mol. The molecule has 0 bridgehead atoms. The van der Waals surface area contributed by atoms with Crippen LogP contribution in [-0.2, 0) is 0 Å². The first-order chi connectivity index (χ1) is 9.26. The minimum atomic E-state index is 1.12. The SMILES string of the molecule is C=Cc1cccc(C=C(C)c2ccccc2)c1C=C. The van der Waals surface area contributed by atoms with Gasteiger partial charge in [0, 0.05) is 0 Å². The summed E-state index contributed by atoms with van der Waals surface area (Å²) >= 11 is 0. The smallest absolute Gasteiger partial charge is 0.0117 e. The summed E-state index contributed by atoms with van der Waals surface area (Å²) in [5, 5.41) is 0. The maximum absolute atomic E-state index is 3.90. The van der Waals surface area contributed by atoms with Gasteiger partial charge in [0.05, 0.1) is 0 Å². The normalized spacial score (nSPS) is 11.1. The van der Waals surface area contributed by atoms with Crippen LogP contribution in [0.2, 0.25) is 0 Å². The molecule has 0 amide bonds. The van der Waals surface area contributed by atoms with Gasteiger partial charge in [0.1, 0.15) is 0 Å². The Labute approximate surface area is 115 Å². The van der Waals surface area contributed by atoms with Crippen LogP contribution < -0.4 is 0 Å². The molecule has 0 heterocycles. The molecule has 94 valence electrons. The topological polar surface area (TPSA) is 0 Å². The molecule has 0 heteroatoms. The van der Waals surface area contributed by atoms with E-state index in [2.05, 4.69) is 62.6 Å². The van der Waals surface area contributed by atoms with Gasteiger partial charge in [0.2, 0.25) is 0 Å². The van der Waals surface area contributed by atoms with Crippen molar-refractivity contribution in [3.63, 3.8) is 0 Å². The third kappa shape index (κ3) is 2.92. The Morgan fingerprint density at radius 1 is 0.842 bits per heavy atom. The van der Waals surface area contributed by atoms with Crippen LogP contribution in [-0.4, -0.2) is 0 Å². The maximum atomic E-state index is 3.90. The van der Waals surface area contributed by atoms with Crippen LogP contribution in [0, 0.1) is 0 Å². The summed E-state index contributed by atoms with van der Waals surface area (Å²) in [6.45, 7) is 9.88. The zero-order valence-corrected chi connectivity index (χ0v) is 11.3. The average Bonchev–Trinajstić information content (AvgIpc) is 2.47. The van der Waals surface area contributed by atoms with E-state index in [1.54, 1.807) is 0 Å². The lowest BCUT2D eigenvalue weighted by atomic mass is 9.97. The Hall–Kier alpha value is -2.34. The van der Waals surface area contributed by atoms with Crippen LogP contribution in [0.4, 0.5) is 0 Å². The Morgan fingerprint density at radius 3 is 2.16 bits per heavy atom. The molecular weight excluding hydrogens is 228 g/mol. The van der Waals surface area contributed by atoms with E-state index < -0.39 is 0 Å². The van der Waals surface area contributed by atoms with Crippen LogP contribution in [0.3, 0.4) is 0 Å². The molecule has 0 fully saturated rings. The Balaban J connectivity index is 2.49. The Bertz CT molecular complexity index is 616. The van der Waals surface area contributed by atoms with Crippen LogP contribution in [0.25, 0.3) is 23.8 Å². The number of hydrogen-bond donors (Lipinski definition) is 0. The molecule has 0 unspecified atom stereocenters. The minimum Gasteiger partial charge on any atom is -0.0984 e. The standard InChI is InChI=1S/C19H18/c1-4-16-12-9-13-18(19(16)5-2)14-15(3)17-10-7-6-8-11-17/h4-14H,1-2H2,3H3. The first-order valence-corrected chi connectivity index (χ1v) is 6.38. The van der Waals surface area contributed by atoms with Crippen molar-refractivity contribution in [1.29, 1.82) is 0 Å². The summed E-state index contributed by atoms with van der Waals surface area (Å²) in [5.74, 6) is 0. The number of benzene rings is 2. The molecular formula is C19H18. The van der Waals surface area contributed by atoms with E-state index in [0.717, 1.165) is 11.1 Å². The summed E-state index contributed by atoms with van der Waals surface area (Å²) in [6.07, 6.45) is 5.95. The van der Waals surface area contributed by atoms with Crippen molar-refractivity contribution in [1.82, 2.24) is 0 Å². The van der Waals surface area contributed by atoms with Crippen molar-refractivity contribution < 1.29 is 0 Å². The lowest BCUT2D eigenvalue weighted by molar-refractivity contribution is 1.55. The van der Waals surface area contributed by atoms with Crippen molar-refractivity contribution in [2.75, 3.05) is 0 Å². The molecule has 0 atom stereocenters. The molecule has 19 heavy (non-hydrogen) atoms. The molecule has 0 aromatic heterocycles. The predicted octanol–water partition coefficient (Wildman–Crippen LogP) is 5.53. The lowest BCUT2D eigenvalue weighted by Gasteiger charge is -2.07. The molecule has 0 N–H and O–H groups in total. The fourth-order valence-corrected chi connectivity index (χ4v) is 2.16. The van der Waals surface area contributed by atoms with E-state index in [9.17, 15) is 0 Å². The van der Waals surface area contributed by atoms with Gasteiger partial charge in [-0.25, -0.2) is 0 Å². The van der Waals surface area contributed by atoms with Gasteiger partial charge in [-0.3, -0.25) is 0 Å². The third-order valence-electron chi connectivity index (χ3n) is 3.20. The molecule has 2 aromatic rings. The molecule has 0 radical (unpaired) electrons. The fourth-order valence-electron chi connectivity index (χ4n) is 2.16. The second-order valence-electron chi connectivity index (χ2n) is 4.45. The van der Waals surface area contributed by atoms with E-state index in [1.807, 2.05) is 24.3 Å². The highest BCUT2D eigenvalue weighted by Crippen LogP contribution is 2.23. The molecule has 0 nitrogen and oxygen atoms in total. The molecule has 0 spiro atoms. The second kappa shape index (κ2) is 6.01. The molecule has 0 aliphatic heterocycles. The first-order valence-electron chi connectivity index (χ1n) is 6.38. The van der Waals surface area contributed by atoms with Crippen molar-refractivity contribution >= 4 is 23.8 Å². The van der Waals surface area contributed by atoms with E-state index in [-0.39, 0.29) is 0 Å². The Kier molecular flexibility index (Phi) is 4.15. The van der Waals surface area contributed by atoms with Gasteiger partial charge in [-0.15, -0.1) is 0 Å². The zero-order chi connectivity index (χ0) is 13.7. The highest BCUT2D eigenvalue weighted by Gasteiger charge is 2.02. The van der Waals surface area contributed by atoms with Gasteiger partial charge in [0.15, 0.2) is 0 Å². The summed E-state index contributed by atoms with van der Waals surface area (Å²) in [7, 11) is 0. The Morgan fingerprint density at radius 2 is 1.53 bits per heavy atom. The van der Waals surface area contributed by atoms with E-state index >= 15 is 0 Å². The van der Waals surface area contributed by atoms with E-state index in [4.69, 9.17) is 0 Å². The second-order valence-corrected chi connectivity index (χ2v) is 4.45. The molecule has 0 aliphatic carbocycles. The predicted molar refractivity (Wildman–Crippen MR) is 86.6 cm³/mol. The van der Waals surface area contributed by atoms with Gasteiger partial charge < -0.3 is 0 Å². The van der Waals surface area contributed by atoms with Crippen molar-refractivity contribution in [3.05, 3.63) is 83.9 Å². The summed E-state index contributed by atoms with van der Waals surface area (Å²) in [4.78, 5) is 0. The molecule has 0 saturated heterocycles. The molecule has 0 aliphatic rings. The van der Waals surface area contributed by atoms with Gasteiger partial charge in [-0.1, -0.05) is 79.9 Å². The summed E-state index contributed by atoms with van der Waals surface area (Å²) in [6, 6.07) is 16.6. The molecule has 2 rings (SSSR count). The van der Waals surface area contributed by atoms with Gasteiger partial charge >= 0.3 is 0 Å². The van der Waals surface area contributed by atoms with Crippen LogP contribution >= 0.6 is 0 Å². The van der Waals surface area contributed by atoms with Crippen molar-refractivity contribution in [2.24, 2.45) is 0 Å². The van der Waals surface area contributed by atoms with Crippen molar-refractivity contribution in [3.8, 4) is 0 Å². The summed E-state index contributed by atoms with van der Waals surface area (Å²) in [5.41, 5.74) is 5.90. The van der Waals surface area contributed by atoms with Gasteiger partial charge in [0.25, 0.3) is 0 Å². The number of allylic oxidation sites excluding steroid dienone is 1. The highest BCUT2D eigenvalue weighted by molar-refractivity contribution is 5.84. The van der Waals surface area contributed by atoms with Crippen LogP contribution in [0.1, 0.15) is 29.2 Å².